The van der Waals surface area contributed by atoms with E-state index in [0.717, 1.165) is 74.5 Å². The summed E-state index contributed by atoms with van der Waals surface area (Å²) in [6, 6.07) is 1.24. The van der Waals surface area contributed by atoms with E-state index in [0.29, 0.717) is 25.7 Å². The molecule has 2 heterocycles. The zero-order chi connectivity index (χ0) is 57.3. The van der Waals surface area contributed by atoms with Crippen molar-refractivity contribution in [2.24, 2.45) is 5.92 Å². The molecule has 448 valence electrons. The molecule has 2 rings (SSSR count). The van der Waals surface area contributed by atoms with E-state index in [1.807, 2.05) is 42.5 Å². The fourth-order valence-corrected chi connectivity index (χ4v) is 10.7. The normalized spacial score (nSPS) is 19.7. The van der Waals surface area contributed by atoms with Gasteiger partial charge in [-0.25, -0.2) is 13.9 Å². The Bertz CT molecular complexity index is 2030. The molecule has 0 aliphatic carbocycles. The van der Waals surface area contributed by atoms with Crippen LogP contribution < -0.4 is 11.4 Å². The molecule has 7 N–H and O–H groups in total. The molecule has 19 nitrogen and oxygen atoms in total. The number of phosphoric acid groups is 2. The van der Waals surface area contributed by atoms with E-state index < -0.39 is 89.8 Å². The first-order valence-corrected chi connectivity index (χ1v) is 32.1. The summed E-state index contributed by atoms with van der Waals surface area (Å²) in [6.45, 7) is 4.38. The zero-order valence-electron chi connectivity index (χ0n) is 47.2. The van der Waals surface area contributed by atoms with Crippen molar-refractivity contribution in [3.05, 3.63) is 71.4 Å². The number of aromatic nitrogens is 2. The number of allylic oxidation sites excluding steroid dienone is 7. The number of ether oxygens (including phenoxy) is 3. The number of carbonyl (C=O) groups is 2. The summed E-state index contributed by atoms with van der Waals surface area (Å²) >= 11 is 0. The number of nitrogens with two attached hydrogens (primary N) is 1. The van der Waals surface area contributed by atoms with Gasteiger partial charge in [-0.3, -0.25) is 23.2 Å². The minimum absolute atomic E-state index is 0.0315. The van der Waals surface area contributed by atoms with Gasteiger partial charge in [-0.1, -0.05) is 211 Å². The third-order valence-corrected chi connectivity index (χ3v) is 16.2. The lowest BCUT2D eigenvalue weighted by atomic mass is 9.99. The van der Waals surface area contributed by atoms with Gasteiger partial charge in [-0.2, -0.15) is 9.29 Å². The third kappa shape index (κ3) is 35.4. The second-order valence-corrected chi connectivity index (χ2v) is 23.6. The summed E-state index contributed by atoms with van der Waals surface area (Å²) < 4.78 is 56.9. The molecule has 0 spiro atoms. The Morgan fingerprint density at radius 1 is 0.718 bits per heavy atom. The average Bonchev–Trinajstić information content (AvgIpc) is 3.71. The van der Waals surface area contributed by atoms with Crippen molar-refractivity contribution in [3.63, 3.8) is 0 Å². The maximum Gasteiger partial charge on any atom is 0.481 e. The number of aliphatic hydroxyl groups excluding tert-OH is 3. The maximum atomic E-state index is 12.9. The summed E-state index contributed by atoms with van der Waals surface area (Å²) in [7, 11) is -10.9. The molecular weight excluding hydrogens is 1040 g/mol. The summed E-state index contributed by atoms with van der Waals surface area (Å²) in [5, 5.41) is 30.9. The first-order chi connectivity index (χ1) is 37.5. The molecule has 0 aromatic carbocycles. The third-order valence-electron chi connectivity index (χ3n) is 13.6. The summed E-state index contributed by atoms with van der Waals surface area (Å²) in [5.41, 5.74) is 4.59. The first-order valence-electron chi connectivity index (χ1n) is 29.2. The lowest BCUT2D eigenvalue weighted by molar-refractivity contribution is -0.161. The highest BCUT2D eigenvalue weighted by Gasteiger charge is 2.46. The highest BCUT2D eigenvalue weighted by molar-refractivity contribution is 7.61. The van der Waals surface area contributed by atoms with E-state index in [9.17, 15) is 48.6 Å². The second-order valence-electron chi connectivity index (χ2n) is 20.6. The minimum Gasteiger partial charge on any atom is -0.462 e. The topological polar surface area (TPSA) is 286 Å². The van der Waals surface area contributed by atoms with Gasteiger partial charge < -0.3 is 45.1 Å². The van der Waals surface area contributed by atoms with Crippen molar-refractivity contribution in [3.8, 4) is 0 Å². The Kier molecular flexibility index (Phi) is 39.4. The number of hydrogen-bond acceptors (Lipinski definition) is 16. The van der Waals surface area contributed by atoms with Gasteiger partial charge in [0.15, 0.2) is 12.3 Å². The van der Waals surface area contributed by atoms with Crippen LogP contribution in [0.4, 0.5) is 5.82 Å². The Balaban J connectivity index is 1.77. The standard InChI is InChI=1S/C57H99N3O16P2/c1-4-6-32-38-48(61)39-34-29-25-21-17-15-19-22-26-30-35-40-52(62)71-44-49(74-53(63)41-36-31-27-23-18-14-12-10-8-7-9-11-13-16-20-24-28-33-37-47(3)5-2)45-72-77(67,68)76-78(69,70)73-46-50-54(64)55(65)56(75-50)60-43-42-51(58)59-57(60)66/h15,17,22,25-26,29,34,39,42-43,47-50,54-56,61,64-65H,4-14,16,18-21,23-24,27-28,30-33,35-38,40-41,44-46H2,1-3H3,(H,67,68)(H,69,70)(H2,58,59,66)/b17-15-,26-22-,29-25-,39-34+/t47?,48-,49-,50-,54-,55-,56-/m1/s1. The van der Waals surface area contributed by atoms with Gasteiger partial charge in [0, 0.05) is 19.0 Å². The fourth-order valence-electron chi connectivity index (χ4n) is 8.63. The van der Waals surface area contributed by atoms with E-state index in [4.69, 9.17) is 29.0 Å². The monoisotopic (exact) mass is 1140 g/mol. The second kappa shape index (κ2) is 43.4. The molecule has 0 bridgehead atoms. The van der Waals surface area contributed by atoms with E-state index in [1.54, 1.807) is 6.08 Å². The van der Waals surface area contributed by atoms with Crippen LogP contribution >= 0.6 is 15.6 Å². The van der Waals surface area contributed by atoms with Gasteiger partial charge >= 0.3 is 33.3 Å². The molecule has 1 aliphatic heterocycles. The van der Waals surface area contributed by atoms with Crippen LogP contribution in [-0.2, 0) is 46.3 Å². The predicted molar refractivity (Wildman–Crippen MR) is 304 cm³/mol. The van der Waals surface area contributed by atoms with Gasteiger partial charge in [0.25, 0.3) is 0 Å². The number of nitrogens with zero attached hydrogens (tertiary/aromatic N) is 2. The highest BCUT2D eigenvalue weighted by Crippen LogP contribution is 2.60. The van der Waals surface area contributed by atoms with E-state index in [1.165, 1.54) is 102 Å². The SMILES string of the molecule is CCCCC[C@@H](O)/C=C/C=C\C/C=C\C/C=C\CCCC(=O)OC[C@H](COP(=O)(O)OP(=O)(O)OC[C@H]1O[C@@H](n2ccc(N)nc2=O)[C@H](O)[C@@H]1O)OC(=O)CCCCCCCCCCCCCCCCCCCCC(C)CC. The number of anilines is 1. The van der Waals surface area contributed by atoms with Crippen LogP contribution in [0, 0.1) is 5.92 Å². The van der Waals surface area contributed by atoms with Crippen LogP contribution in [-0.4, -0.2) is 96.9 Å². The Morgan fingerprint density at radius 2 is 1.27 bits per heavy atom. The quantitative estimate of drug-likeness (QED) is 0.0116. The largest absolute Gasteiger partial charge is 0.481 e. The van der Waals surface area contributed by atoms with E-state index in [2.05, 4.69) is 30.1 Å². The van der Waals surface area contributed by atoms with Crippen molar-refractivity contribution >= 4 is 33.4 Å². The van der Waals surface area contributed by atoms with Crippen molar-refractivity contribution in [1.29, 1.82) is 0 Å². The molecule has 0 radical (unpaired) electrons. The van der Waals surface area contributed by atoms with Gasteiger partial charge in [0.05, 0.1) is 19.3 Å². The lowest BCUT2D eigenvalue weighted by Gasteiger charge is -2.21. The number of esters is 2. The average molecular weight is 1140 g/mol. The van der Waals surface area contributed by atoms with Crippen LogP contribution in [0.2, 0.25) is 0 Å². The fraction of sp³-hybridized carbons (Fsp3) is 0.754. The Labute approximate surface area is 465 Å². The van der Waals surface area contributed by atoms with Crippen LogP contribution in [0.15, 0.2) is 65.7 Å². The van der Waals surface area contributed by atoms with E-state index >= 15 is 0 Å². The summed E-state index contributed by atoms with van der Waals surface area (Å²) in [4.78, 5) is 62.1. The van der Waals surface area contributed by atoms with Crippen molar-refractivity contribution < 1.29 is 71.4 Å². The van der Waals surface area contributed by atoms with Crippen molar-refractivity contribution in [1.82, 2.24) is 9.55 Å². The van der Waals surface area contributed by atoms with Crippen LogP contribution in [0.25, 0.3) is 0 Å². The van der Waals surface area contributed by atoms with Crippen LogP contribution in [0.3, 0.4) is 0 Å². The molecule has 1 aromatic rings. The summed E-state index contributed by atoms with van der Waals surface area (Å²) in [6.07, 6.45) is 39.3. The molecule has 9 atom stereocenters. The number of unbranched alkanes of at least 4 members (excludes halogenated alkanes) is 20. The summed E-state index contributed by atoms with van der Waals surface area (Å²) in [5.74, 6) is -0.519. The molecule has 1 aliphatic rings. The predicted octanol–water partition coefficient (Wildman–Crippen LogP) is 12.1. The van der Waals surface area contributed by atoms with E-state index in [-0.39, 0.29) is 18.7 Å². The maximum absolute atomic E-state index is 12.9. The molecule has 1 fully saturated rings. The van der Waals surface area contributed by atoms with Gasteiger partial charge in [-0.05, 0) is 50.5 Å². The lowest BCUT2D eigenvalue weighted by Crippen LogP contribution is -2.36. The number of hydrogen-bond donors (Lipinski definition) is 6. The number of carbonyl (C=O) groups excluding carboxylic acids is 2. The number of nitrogen functional groups attached to an aromatic ring is 1. The molecule has 0 saturated carbocycles. The van der Waals surface area contributed by atoms with Crippen molar-refractivity contribution in [2.75, 3.05) is 25.6 Å². The van der Waals surface area contributed by atoms with Gasteiger partial charge in [-0.15, -0.1) is 0 Å². The molecular formula is C57H99N3O16P2. The molecule has 21 heteroatoms. The number of aliphatic hydroxyl groups is 3. The highest BCUT2D eigenvalue weighted by atomic mass is 31.3. The minimum atomic E-state index is -5.45. The first kappa shape index (κ1) is 70.8. The molecule has 0 amide bonds. The van der Waals surface area contributed by atoms with Crippen LogP contribution in [0.1, 0.15) is 220 Å². The molecule has 3 unspecified atom stereocenters. The Hall–Kier alpha value is -3.32. The smallest absolute Gasteiger partial charge is 0.462 e. The van der Waals surface area contributed by atoms with Gasteiger partial charge in [0.2, 0.25) is 0 Å². The zero-order valence-corrected chi connectivity index (χ0v) is 49.0. The number of phosphoric ester groups is 2. The number of rotatable bonds is 48. The van der Waals surface area contributed by atoms with Crippen molar-refractivity contribution in [2.45, 2.75) is 250 Å². The Morgan fingerprint density at radius 3 is 1.87 bits per heavy atom. The molecule has 1 saturated heterocycles. The molecule has 78 heavy (non-hydrogen) atoms. The van der Waals surface area contributed by atoms with Gasteiger partial charge in [0.1, 0.15) is 30.7 Å². The van der Waals surface area contributed by atoms with Crippen LogP contribution in [0.5, 0.6) is 0 Å². The molecule has 1 aromatic heterocycles.